The SMILES string of the molecule is COc1ccc(-c2nc3c4c(ncn3n2)Oc2c(c(C)nn2-c2ccccc2)C4c2ccc(OC)c(OC)c2)cc1. The van der Waals surface area contributed by atoms with E-state index in [-0.39, 0.29) is 5.92 Å². The van der Waals surface area contributed by atoms with Crippen LogP contribution in [0.1, 0.15) is 28.3 Å². The predicted molar refractivity (Wildman–Crippen MR) is 152 cm³/mol. The van der Waals surface area contributed by atoms with E-state index in [0.717, 1.165) is 39.4 Å². The van der Waals surface area contributed by atoms with Crippen LogP contribution in [0.5, 0.6) is 29.0 Å². The van der Waals surface area contributed by atoms with Gasteiger partial charge < -0.3 is 18.9 Å². The smallest absolute Gasteiger partial charge is 0.230 e. The number of hydrogen-bond donors (Lipinski definition) is 0. The van der Waals surface area contributed by atoms with E-state index < -0.39 is 0 Å². The zero-order valence-corrected chi connectivity index (χ0v) is 22.9. The van der Waals surface area contributed by atoms with E-state index in [1.807, 2.05) is 84.4 Å². The van der Waals surface area contributed by atoms with E-state index in [0.29, 0.717) is 34.7 Å². The number of rotatable bonds is 6. The molecule has 3 aromatic carbocycles. The molecule has 0 spiro atoms. The van der Waals surface area contributed by atoms with Gasteiger partial charge in [0.25, 0.3) is 0 Å². The first-order valence-corrected chi connectivity index (χ1v) is 13.0. The zero-order chi connectivity index (χ0) is 28.1. The number of nitrogens with zero attached hydrogens (tertiary/aromatic N) is 6. The van der Waals surface area contributed by atoms with Crippen molar-refractivity contribution in [2.24, 2.45) is 0 Å². The van der Waals surface area contributed by atoms with Gasteiger partial charge in [-0.15, -0.1) is 5.10 Å². The molecule has 10 heteroatoms. The second kappa shape index (κ2) is 9.67. The van der Waals surface area contributed by atoms with Crippen LogP contribution in [-0.4, -0.2) is 50.7 Å². The third-order valence-electron chi connectivity index (χ3n) is 7.31. The van der Waals surface area contributed by atoms with Crippen LogP contribution in [0.4, 0.5) is 0 Å². The zero-order valence-electron chi connectivity index (χ0n) is 22.9. The molecule has 3 aromatic heterocycles. The molecule has 0 amide bonds. The highest BCUT2D eigenvalue weighted by Gasteiger charge is 2.38. The summed E-state index contributed by atoms with van der Waals surface area (Å²) in [6.07, 6.45) is 1.63. The molecule has 10 nitrogen and oxygen atoms in total. The molecule has 6 aromatic rings. The van der Waals surface area contributed by atoms with E-state index in [2.05, 4.69) is 0 Å². The lowest BCUT2D eigenvalue weighted by Crippen LogP contribution is -2.16. The Morgan fingerprint density at radius 3 is 2.32 bits per heavy atom. The van der Waals surface area contributed by atoms with Gasteiger partial charge in [-0.2, -0.15) is 5.10 Å². The number of methoxy groups -OCH3 is 3. The first kappa shape index (κ1) is 24.6. The molecular weight excluding hydrogens is 520 g/mol. The van der Waals surface area contributed by atoms with Crippen LogP contribution in [0.2, 0.25) is 0 Å². The first-order valence-electron chi connectivity index (χ1n) is 13.0. The summed E-state index contributed by atoms with van der Waals surface area (Å²) in [5.41, 5.74) is 5.86. The molecule has 0 fully saturated rings. The third kappa shape index (κ3) is 3.95. The lowest BCUT2D eigenvalue weighted by atomic mass is 9.84. The van der Waals surface area contributed by atoms with Crippen molar-refractivity contribution in [3.8, 4) is 46.1 Å². The van der Waals surface area contributed by atoms with Crippen molar-refractivity contribution in [3.05, 3.63) is 102 Å². The average molecular weight is 547 g/mol. The Bertz CT molecular complexity index is 1900. The van der Waals surface area contributed by atoms with E-state index in [4.69, 9.17) is 39.1 Å². The highest BCUT2D eigenvalue weighted by Crippen LogP contribution is 2.50. The minimum Gasteiger partial charge on any atom is -0.497 e. The van der Waals surface area contributed by atoms with Gasteiger partial charge >= 0.3 is 0 Å². The minimum absolute atomic E-state index is 0.324. The van der Waals surface area contributed by atoms with Crippen molar-refractivity contribution < 1.29 is 18.9 Å². The molecule has 1 atom stereocenters. The molecule has 0 N–H and O–H groups in total. The second-order valence-electron chi connectivity index (χ2n) is 9.60. The fourth-order valence-electron chi connectivity index (χ4n) is 5.35. The minimum atomic E-state index is -0.324. The van der Waals surface area contributed by atoms with E-state index in [1.165, 1.54) is 0 Å². The predicted octanol–water partition coefficient (Wildman–Crippen LogP) is 5.60. The maximum atomic E-state index is 6.53. The maximum Gasteiger partial charge on any atom is 0.230 e. The largest absolute Gasteiger partial charge is 0.497 e. The van der Waals surface area contributed by atoms with Crippen molar-refractivity contribution in [2.75, 3.05) is 21.3 Å². The number of aryl methyl sites for hydroxylation is 1. The van der Waals surface area contributed by atoms with E-state index in [9.17, 15) is 0 Å². The summed E-state index contributed by atoms with van der Waals surface area (Å²) in [7, 11) is 4.89. The van der Waals surface area contributed by atoms with Crippen molar-refractivity contribution in [1.29, 1.82) is 0 Å². The molecule has 0 saturated carbocycles. The molecule has 0 aliphatic carbocycles. The molecule has 1 unspecified atom stereocenters. The fourth-order valence-corrected chi connectivity index (χ4v) is 5.35. The van der Waals surface area contributed by atoms with Crippen LogP contribution in [0.15, 0.2) is 79.1 Å². The molecule has 0 bridgehead atoms. The summed E-state index contributed by atoms with van der Waals surface area (Å²) in [6, 6.07) is 23.4. The Labute approximate surface area is 235 Å². The van der Waals surface area contributed by atoms with Crippen molar-refractivity contribution in [2.45, 2.75) is 12.8 Å². The summed E-state index contributed by atoms with van der Waals surface area (Å²) < 4.78 is 26.6. The lowest BCUT2D eigenvalue weighted by Gasteiger charge is -2.26. The number of aromatic nitrogens is 6. The molecule has 1 aliphatic rings. The highest BCUT2D eigenvalue weighted by atomic mass is 16.5. The molecule has 0 radical (unpaired) electrons. The van der Waals surface area contributed by atoms with Crippen LogP contribution in [0, 0.1) is 6.92 Å². The van der Waals surface area contributed by atoms with Crippen LogP contribution >= 0.6 is 0 Å². The third-order valence-corrected chi connectivity index (χ3v) is 7.31. The van der Waals surface area contributed by atoms with Crippen LogP contribution in [0.25, 0.3) is 22.7 Å². The Balaban J connectivity index is 1.47. The summed E-state index contributed by atoms with van der Waals surface area (Å²) in [4.78, 5) is 9.68. The van der Waals surface area contributed by atoms with E-state index >= 15 is 0 Å². The molecule has 41 heavy (non-hydrogen) atoms. The van der Waals surface area contributed by atoms with Gasteiger partial charge in [-0.3, -0.25) is 0 Å². The van der Waals surface area contributed by atoms with Gasteiger partial charge in [0.1, 0.15) is 12.1 Å². The summed E-state index contributed by atoms with van der Waals surface area (Å²) in [6.45, 7) is 1.99. The van der Waals surface area contributed by atoms with Crippen molar-refractivity contribution in [3.63, 3.8) is 0 Å². The van der Waals surface area contributed by atoms with Crippen LogP contribution in [0.3, 0.4) is 0 Å². The summed E-state index contributed by atoms with van der Waals surface area (Å²) >= 11 is 0. The maximum absolute atomic E-state index is 6.53. The number of hydrogen-bond acceptors (Lipinski definition) is 8. The molecule has 204 valence electrons. The summed E-state index contributed by atoms with van der Waals surface area (Å²) in [5.74, 6) is 3.31. The number of para-hydroxylation sites is 1. The average Bonchev–Trinajstić information content (AvgIpc) is 3.61. The fraction of sp³-hybridized carbons (Fsp3) is 0.161. The van der Waals surface area contributed by atoms with Gasteiger partial charge in [-0.1, -0.05) is 24.3 Å². The summed E-state index contributed by atoms with van der Waals surface area (Å²) in [5, 5.41) is 9.65. The van der Waals surface area contributed by atoms with Gasteiger partial charge in [0.2, 0.25) is 11.8 Å². The van der Waals surface area contributed by atoms with E-state index in [1.54, 1.807) is 32.2 Å². The number of ether oxygens (including phenoxy) is 4. The van der Waals surface area contributed by atoms with Crippen molar-refractivity contribution in [1.82, 2.24) is 29.4 Å². The standard InChI is InChI=1S/C31H26N6O4/c1-18-25-26(20-12-15-23(39-3)24(16-20)40-4)27-29-33-28(19-10-13-22(38-2)14-11-19)35-36(29)17-32-30(27)41-31(25)37(34-18)21-8-6-5-7-9-21/h5-17,26H,1-4H3. The molecule has 1 aliphatic heterocycles. The van der Waals surface area contributed by atoms with Crippen LogP contribution < -0.4 is 18.9 Å². The second-order valence-corrected chi connectivity index (χ2v) is 9.60. The quantitative estimate of drug-likeness (QED) is 0.266. The Kier molecular flexibility index (Phi) is 5.81. The van der Waals surface area contributed by atoms with Crippen molar-refractivity contribution >= 4 is 5.65 Å². The number of fused-ring (bicyclic) bond motifs is 4. The first-order chi connectivity index (χ1) is 20.1. The molecule has 0 saturated heterocycles. The molecule has 4 heterocycles. The Morgan fingerprint density at radius 2 is 1.59 bits per heavy atom. The number of benzene rings is 3. The van der Waals surface area contributed by atoms with Gasteiger partial charge in [-0.05, 0) is 61.0 Å². The van der Waals surface area contributed by atoms with Gasteiger partial charge in [0.15, 0.2) is 23.0 Å². The normalized spacial score (nSPS) is 13.8. The molecular formula is C31H26N6O4. The lowest BCUT2D eigenvalue weighted by molar-refractivity contribution is 0.354. The Morgan fingerprint density at radius 1 is 0.805 bits per heavy atom. The topological polar surface area (TPSA) is 97.8 Å². The molecule has 7 rings (SSSR count). The monoisotopic (exact) mass is 546 g/mol. The highest BCUT2D eigenvalue weighted by molar-refractivity contribution is 5.69. The Hall–Kier alpha value is -5.38. The van der Waals surface area contributed by atoms with Crippen LogP contribution in [-0.2, 0) is 0 Å². The van der Waals surface area contributed by atoms with Gasteiger partial charge in [0, 0.05) is 5.56 Å². The van der Waals surface area contributed by atoms with Gasteiger partial charge in [0.05, 0.1) is 49.8 Å². The van der Waals surface area contributed by atoms with Gasteiger partial charge in [-0.25, -0.2) is 19.2 Å².